The van der Waals surface area contributed by atoms with Crippen molar-refractivity contribution in [2.45, 2.75) is 39.1 Å². The molecule has 0 radical (unpaired) electrons. The maximum absolute atomic E-state index is 13.3. The Labute approximate surface area is 238 Å². The number of piperazine rings is 1. The molecule has 40 heavy (non-hydrogen) atoms. The van der Waals surface area contributed by atoms with Crippen LogP contribution in [0, 0.1) is 0 Å². The van der Waals surface area contributed by atoms with Crippen LogP contribution < -0.4 is 9.64 Å². The number of ether oxygens (including phenoxy) is 3. The Morgan fingerprint density at radius 3 is 2.42 bits per heavy atom. The number of fused-ring (bicyclic) bond motifs is 1. The van der Waals surface area contributed by atoms with Crippen molar-refractivity contribution in [3.05, 3.63) is 71.1 Å². The molecule has 2 aliphatic rings. The maximum Gasteiger partial charge on any atom is 0.319 e. The van der Waals surface area contributed by atoms with Gasteiger partial charge in [-0.25, -0.2) is 0 Å². The summed E-state index contributed by atoms with van der Waals surface area (Å²) >= 11 is 1.67. The molecular weight excluding hydrogens is 524 g/mol. The van der Waals surface area contributed by atoms with E-state index < -0.39 is 5.79 Å². The molecule has 0 aliphatic carbocycles. The Morgan fingerprint density at radius 2 is 1.75 bits per heavy atom. The number of carbonyl (C=O) groups excluding carboxylic acids is 1. The average molecular weight is 559 g/mol. The highest BCUT2D eigenvalue weighted by Crippen LogP contribution is 2.34. The molecule has 6 rings (SSSR count). The highest BCUT2D eigenvalue weighted by Gasteiger charge is 2.33. The Morgan fingerprint density at radius 1 is 1.02 bits per heavy atom. The predicted octanol–water partition coefficient (Wildman–Crippen LogP) is 5.41. The van der Waals surface area contributed by atoms with Gasteiger partial charge in [-0.3, -0.25) is 4.79 Å². The van der Waals surface area contributed by atoms with Crippen LogP contribution in [0.15, 0.2) is 60.7 Å². The van der Waals surface area contributed by atoms with Gasteiger partial charge in [0.05, 0.1) is 12.0 Å². The van der Waals surface area contributed by atoms with Crippen molar-refractivity contribution < 1.29 is 19.0 Å². The fraction of sp³-hybridized carbons (Fsp3) is 0.387. The van der Waals surface area contributed by atoms with Crippen LogP contribution in [-0.4, -0.2) is 72.1 Å². The first kappa shape index (κ1) is 26.7. The lowest BCUT2D eigenvalue weighted by Gasteiger charge is -2.35. The van der Waals surface area contributed by atoms with E-state index in [0.717, 1.165) is 33.6 Å². The second-order valence-corrected chi connectivity index (χ2v) is 11.7. The van der Waals surface area contributed by atoms with E-state index in [-0.39, 0.29) is 12.0 Å². The lowest BCUT2D eigenvalue weighted by Crippen LogP contribution is -2.49. The molecule has 0 saturated carbocycles. The zero-order valence-corrected chi connectivity index (χ0v) is 23.9. The zero-order valence-electron chi connectivity index (χ0n) is 23.1. The SMILES string of the molecule is CCc1cc2c(N3CCN(C(=O)c4ccc(-c5ccccc5)cc4)CC3)nc(OC[C@H]3COC(C)(C)O3)nc2s1. The molecule has 0 unspecified atom stereocenters. The van der Waals surface area contributed by atoms with E-state index in [9.17, 15) is 4.79 Å². The summed E-state index contributed by atoms with van der Waals surface area (Å²) in [5, 5.41) is 1.03. The lowest BCUT2D eigenvalue weighted by atomic mass is 10.0. The first-order valence-corrected chi connectivity index (χ1v) is 14.6. The van der Waals surface area contributed by atoms with Crippen molar-refractivity contribution >= 4 is 33.3 Å². The number of aryl methyl sites for hydroxylation is 1. The molecule has 2 aromatic carbocycles. The number of amides is 1. The van der Waals surface area contributed by atoms with Gasteiger partial charge in [0.25, 0.3) is 5.91 Å². The standard InChI is InChI=1S/C31H34N4O4S/c1-4-25-18-26-27(32-30(33-28(26)40-25)37-19-24-20-38-31(2,3)39-24)34-14-16-35(17-15-34)29(36)23-12-10-22(11-13-23)21-8-6-5-7-9-21/h5-13,18,24H,4,14-17,19-20H2,1-3H3/t24-/m0/s1. The first-order valence-electron chi connectivity index (χ1n) is 13.8. The maximum atomic E-state index is 13.3. The van der Waals surface area contributed by atoms with Gasteiger partial charge in [-0.15, -0.1) is 11.3 Å². The van der Waals surface area contributed by atoms with Crippen LogP contribution in [0.5, 0.6) is 6.01 Å². The van der Waals surface area contributed by atoms with Gasteiger partial charge in [0, 0.05) is 36.6 Å². The van der Waals surface area contributed by atoms with E-state index in [1.807, 2.05) is 61.2 Å². The number of anilines is 1. The van der Waals surface area contributed by atoms with E-state index in [1.165, 1.54) is 4.88 Å². The van der Waals surface area contributed by atoms with Gasteiger partial charge in [0.2, 0.25) is 0 Å². The van der Waals surface area contributed by atoms with Crippen LogP contribution in [0.1, 0.15) is 36.0 Å². The van der Waals surface area contributed by atoms with Gasteiger partial charge in [-0.2, -0.15) is 9.97 Å². The van der Waals surface area contributed by atoms with Gasteiger partial charge in [-0.1, -0.05) is 49.4 Å². The fourth-order valence-corrected chi connectivity index (χ4v) is 6.12. The van der Waals surface area contributed by atoms with Crippen molar-refractivity contribution in [1.82, 2.24) is 14.9 Å². The van der Waals surface area contributed by atoms with Crippen molar-refractivity contribution in [3.63, 3.8) is 0 Å². The molecule has 9 heteroatoms. The Kier molecular flexibility index (Phi) is 7.44. The molecule has 1 amide bonds. The molecule has 2 fully saturated rings. The number of thiophene rings is 1. The van der Waals surface area contributed by atoms with E-state index in [4.69, 9.17) is 24.2 Å². The van der Waals surface area contributed by atoms with E-state index >= 15 is 0 Å². The summed E-state index contributed by atoms with van der Waals surface area (Å²) in [5.74, 6) is 0.315. The molecular formula is C31H34N4O4S. The molecule has 2 saturated heterocycles. The number of benzene rings is 2. The van der Waals surface area contributed by atoms with Crippen LogP contribution in [0.2, 0.25) is 0 Å². The van der Waals surface area contributed by atoms with Crippen molar-refractivity contribution in [2.24, 2.45) is 0 Å². The quantitative estimate of drug-likeness (QED) is 0.300. The average Bonchev–Trinajstić information content (AvgIpc) is 3.58. The number of hydrogen-bond acceptors (Lipinski definition) is 8. The van der Waals surface area contributed by atoms with Gasteiger partial charge in [0.1, 0.15) is 23.4 Å². The van der Waals surface area contributed by atoms with Crippen molar-refractivity contribution in [3.8, 4) is 17.1 Å². The van der Waals surface area contributed by atoms with Crippen LogP contribution in [0.3, 0.4) is 0 Å². The minimum Gasteiger partial charge on any atom is -0.461 e. The molecule has 0 N–H and O–H groups in total. The lowest BCUT2D eigenvalue weighted by molar-refractivity contribution is -0.141. The molecule has 2 aromatic heterocycles. The summed E-state index contributed by atoms with van der Waals surface area (Å²) in [4.78, 5) is 29.2. The minimum absolute atomic E-state index is 0.0571. The van der Waals surface area contributed by atoms with Gasteiger partial charge in [-0.05, 0) is 49.6 Å². The normalized spacial score (nSPS) is 18.8. The second-order valence-electron chi connectivity index (χ2n) is 10.6. The molecule has 4 aromatic rings. The zero-order chi connectivity index (χ0) is 27.7. The molecule has 0 spiro atoms. The Balaban J connectivity index is 1.14. The summed E-state index contributed by atoms with van der Waals surface area (Å²) in [6.07, 6.45) is 0.772. The molecule has 1 atom stereocenters. The van der Waals surface area contributed by atoms with Crippen LogP contribution >= 0.6 is 11.3 Å². The van der Waals surface area contributed by atoms with Crippen molar-refractivity contribution in [1.29, 1.82) is 0 Å². The topological polar surface area (TPSA) is 77.0 Å². The Hall–Kier alpha value is -3.53. The summed E-state index contributed by atoms with van der Waals surface area (Å²) in [6, 6.07) is 20.6. The molecule has 208 valence electrons. The van der Waals surface area contributed by atoms with Gasteiger partial charge < -0.3 is 24.0 Å². The van der Waals surface area contributed by atoms with E-state index in [2.05, 4.69) is 30.0 Å². The molecule has 4 heterocycles. The number of rotatable bonds is 7. The molecule has 2 aliphatic heterocycles. The predicted molar refractivity (Wildman–Crippen MR) is 157 cm³/mol. The largest absolute Gasteiger partial charge is 0.461 e. The summed E-state index contributed by atoms with van der Waals surface area (Å²) in [5.41, 5.74) is 2.95. The highest BCUT2D eigenvalue weighted by molar-refractivity contribution is 7.18. The number of nitrogens with zero attached hydrogens (tertiary/aromatic N) is 4. The highest BCUT2D eigenvalue weighted by atomic mass is 32.1. The third kappa shape index (κ3) is 5.68. The third-order valence-corrected chi connectivity index (χ3v) is 8.50. The van der Waals surface area contributed by atoms with E-state index in [1.54, 1.807) is 11.3 Å². The summed E-state index contributed by atoms with van der Waals surface area (Å²) < 4.78 is 17.5. The summed E-state index contributed by atoms with van der Waals surface area (Å²) in [7, 11) is 0. The molecule has 0 bridgehead atoms. The molecule has 8 nitrogen and oxygen atoms in total. The van der Waals surface area contributed by atoms with E-state index in [0.29, 0.717) is 51.0 Å². The number of carbonyl (C=O) groups is 1. The van der Waals surface area contributed by atoms with Crippen LogP contribution in [-0.2, 0) is 15.9 Å². The fourth-order valence-electron chi connectivity index (χ4n) is 5.17. The first-order chi connectivity index (χ1) is 19.4. The number of hydrogen-bond donors (Lipinski definition) is 0. The van der Waals surface area contributed by atoms with Crippen molar-refractivity contribution in [2.75, 3.05) is 44.3 Å². The smallest absolute Gasteiger partial charge is 0.319 e. The van der Waals surface area contributed by atoms with Gasteiger partial charge >= 0.3 is 6.01 Å². The minimum atomic E-state index is -0.602. The Bertz CT molecular complexity index is 1480. The van der Waals surface area contributed by atoms with Gasteiger partial charge in [0.15, 0.2) is 5.79 Å². The monoisotopic (exact) mass is 558 g/mol. The third-order valence-electron chi connectivity index (χ3n) is 7.32. The number of aromatic nitrogens is 2. The van der Waals surface area contributed by atoms with Crippen LogP contribution in [0.25, 0.3) is 21.3 Å². The second kappa shape index (κ2) is 11.2. The van der Waals surface area contributed by atoms with Crippen LogP contribution in [0.4, 0.5) is 5.82 Å². The summed E-state index contributed by atoms with van der Waals surface area (Å²) in [6.45, 7) is 9.35.